The van der Waals surface area contributed by atoms with Crippen molar-refractivity contribution in [1.82, 2.24) is 4.90 Å². The number of methoxy groups -OCH3 is 2. The molecule has 0 heterocycles. The van der Waals surface area contributed by atoms with Crippen LogP contribution in [0.15, 0.2) is 48.5 Å². The molecule has 0 radical (unpaired) electrons. The smallest absolute Gasteiger partial charge is 0.246 e. The predicted octanol–water partition coefficient (Wildman–Crippen LogP) is 3.51. The fourth-order valence-electron chi connectivity index (χ4n) is 2.19. The fraction of sp³-hybridized carbons (Fsp3) is 0.211. The lowest BCUT2D eigenvalue weighted by Gasteiger charge is -2.15. The van der Waals surface area contributed by atoms with Crippen LogP contribution in [0.25, 0.3) is 6.08 Å². The zero-order valence-corrected chi connectivity index (χ0v) is 14.0. The number of halogens is 1. The van der Waals surface area contributed by atoms with Crippen LogP contribution in [0.3, 0.4) is 0 Å². The Bertz CT molecular complexity index is 726. The van der Waals surface area contributed by atoms with Crippen LogP contribution < -0.4 is 9.47 Å². The molecule has 0 saturated carbocycles. The van der Waals surface area contributed by atoms with E-state index in [1.54, 1.807) is 56.5 Å². The molecule has 0 atom stereocenters. The molecule has 0 aliphatic rings. The number of nitrogens with zero attached hydrogens (tertiary/aromatic N) is 1. The first-order valence-corrected chi connectivity index (χ1v) is 7.43. The zero-order valence-electron chi connectivity index (χ0n) is 14.0. The third-order valence-corrected chi connectivity index (χ3v) is 3.54. The molecule has 2 aromatic carbocycles. The van der Waals surface area contributed by atoms with Gasteiger partial charge in [0.1, 0.15) is 5.82 Å². The summed E-state index contributed by atoms with van der Waals surface area (Å²) in [7, 11) is 4.83. The summed E-state index contributed by atoms with van der Waals surface area (Å²) in [6.07, 6.45) is 3.20. The maximum absolute atomic E-state index is 12.9. The molecule has 0 aliphatic carbocycles. The van der Waals surface area contributed by atoms with Crippen LogP contribution >= 0.6 is 0 Å². The summed E-state index contributed by atoms with van der Waals surface area (Å²) >= 11 is 0. The standard InChI is InChI=1S/C19H20FNO3/c1-21(13-15-4-8-16(20)9-5-15)19(22)11-7-14-6-10-17(23-2)18(12-14)24-3/h4-12H,13H2,1-3H3/b11-7+. The topological polar surface area (TPSA) is 38.8 Å². The molecule has 4 nitrogen and oxygen atoms in total. The minimum Gasteiger partial charge on any atom is -0.493 e. The Balaban J connectivity index is 2.02. The molecule has 0 bridgehead atoms. The number of amides is 1. The summed E-state index contributed by atoms with van der Waals surface area (Å²) < 4.78 is 23.3. The summed E-state index contributed by atoms with van der Waals surface area (Å²) in [6, 6.07) is 11.5. The van der Waals surface area contributed by atoms with Gasteiger partial charge in [0.15, 0.2) is 11.5 Å². The molecule has 0 N–H and O–H groups in total. The Morgan fingerprint density at radius 1 is 1.08 bits per heavy atom. The average Bonchev–Trinajstić information content (AvgIpc) is 2.61. The summed E-state index contributed by atoms with van der Waals surface area (Å²) in [4.78, 5) is 13.7. The minimum atomic E-state index is -0.291. The zero-order chi connectivity index (χ0) is 17.5. The van der Waals surface area contributed by atoms with Crippen LogP contribution in [-0.4, -0.2) is 32.1 Å². The highest BCUT2D eigenvalue weighted by molar-refractivity contribution is 5.91. The number of carbonyl (C=O) groups excluding carboxylic acids is 1. The van der Waals surface area contributed by atoms with Crippen molar-refractivity contribution in [2.45, 2.75) is 6.54 Å². The second kappa shape index (κ2) is 8.15. The molecular formula is C19H20FNO3. The SMILES string of the molecule is COc1ccc(/C=C/C(=O)N(C)Cc2ccc(F)cc2)cc1OC. The molecule has 1 amide bonds. The molecular weight excluding hydrogens is 309 g/mol. The van der Waals surface area contributed by atoms with Crippen molar-refractivity contribution in [3.63, 3.8) is 0 Å². The maximum Gasteiger partial charge on any atom is 0.246 e. The van der Waals surface area contributed by atoms with E-state index in [9.17, 15) is 9.18 Å². The number of hydrogen-bond donors (Lipinski definition) is 0. The number of ether oxygens (including phenoxy) is 2. The highest BCUT2D eigenvalue weighted by atomic mass is 19.1. The van der Waals surface area contributed by atoms with Gasteiger partial charge in [-0.1, -0.05) is 18.2 Å². The average molecular weight is 329 g/mol. The Morgan fingerprint density at radius 3 is 2.38 bits per heavy atom. The van der Waals surface area contributed by atoms with Crippen LogP contribution in [0.2, 0.25) is 0 Å². The Kier molecular flexibility index (Phi) is 5.95. The van der Waals surface area contributed by atoms with Crippen LogP contribution in [0.1, 0.15) is 11.1 Å². The second-order valence-electron chi connectivity index (χ2n) is 5.27. The maximum atomic E-state index is 12.9. The number of likely N-dealkylation sites (N-methyl/N-ethyl adjacent to an activating group) is 1. The minimum absolute atomic E-state index is 0.144. The molecule has 0 spiro atoms. The molecule has 2 rings (SSSR count). The molecule has 126 valence electrons. The number of rotatable bonds is 6. The van der Waals surface area contributed by atoms with Crippen molar-refractivity contribution in [1.29, 1.82) is 0 Å². The summed E-state index contributed by atoms with van der Waals surface area (Å²) in [5, 5.41) is 0. The van der Waals surface area contributed by atoms with Gasteiger partial charge in [0, 0.05) is 19.7 Å². The van der Waals surface area contributed by atoms with Crippen molar-refractivity contribution >= 4 is 12.0 Å². The van der Waals surface area contributed by atoms with Crippen molar-refractivity contribution in [3.8, 4) is 11.5 Å². The molecule has 5 heteroatoms. The van der Waals surface area contributed by atoms with E-state index in [1.165, 1.54) is 18.2 Å². The lowest BCUT2D eigenvalue weighted by atomic mass is 10.1. The van der Waals surface area contributed by atoms with Crippen molar-refractivity contribution in [3.05, 3.63) is 65.5 Å². The van der Waals surface area contributed by atoms with Gasteiger partial charge in [-0.05, 0) is 41.5 Å². The van der Waals surface area contributed by atoms with Crippen molar-refractivity contribution < 1.29 is 18.7 Å². The van der Waals surface area contributed by atoms with Crippen molar-refractivity contribution in [2.24, 2.45) is 0 Å². The van der Waals surface area contributed by atoms with Crippen LogP contribution in [0, 0.1) is 5.82 Å². The number of hydrogen-bond acceptors (Lipinski definition) is 3. The van der Waals surface area contributed by atoms with Gasteiger partial charge in [0.25, 0.3) is 0 Å². The van der Waals surface area contributed by atoms with E-state index in [0.717, 1.165) is 11.1 Å². The highest BCUT2D eigenvalue weighted by Gasteiger charge is 2.07. The fourth-order valence-corrected chi connectivity index (χ4v) is 2.19. The van der Waals surface area contributed by atoms with E-state index in [4.69, 9.17) is 9.47 Å². The van der Waals surface area contributed by atoms with Gasteiger partial charge in [-0.15, -0.1) is 0 Å². The highest BCUT2D eigenvalue weighted by Crippen LogP contribution is 2.27. The summed E-state index contributed by atoms with van der Waals surface area (Å²) in [5.41, 5.74) is 1.70. The Hall–Kier alpha value is -2.82. The van der Waals surface area contributed by atoms with E-state index in [-0.39, 0.29) is 11.7 Å². The lowest BCUT2D eigenvalue weighted by Crippen LogP contribution is -2.24. The van der Waals surface area contributed by atoms with Gasteiger partial charge in [0.2, 0.25) is 5.91 Å². The van der Waals surface area contributed by atoms with Crippen LogP contribution in [0.4, 0.5) is 4.39 Å². The first-order valence-electron chi connectivity index (χ1n) is 7.43. The van der Waals surface area contributed by atoms with E-state index < -0.39 is 0 Å². The molecule has 0 aliphatic heterocycles. The quantitative estimate of drug-likeness (QED) is 0.761. The monoisotopic (exact) mass is 329 g/mol. The third-order valence-electron chi connectivity index (χ3n) is 3.54. The number of carbonyl (C=O) groups is 1. The first-order chi connectivity index (χ1) is 11.5. The van der Waals surface area contributed by atoms with Crippen LogP contribution in [-0.2, 0) is 11.3 Å². The van der Waals surface area contributed by atoms with Gasteiger partial charge in [-0.2, -0.15) is 0 Å². The third kappa shape index (κ3) is 4.59. The van der Waals surface area contributed by atoms with E-state index in [0.29, 0.717) is 18.0 Å². The van der Waals surface area contributed by atoms with Crippen molar-refractivity contribution in [2.75, 3.05) is 21.3 Å². The number of benzene rings is 2. The summed E-state index contributed by atoms with van der Waals surface area (Å²) in [6.45, 7) is 0.412. The molecule has 0 saturated heterocycles. The Morgan fingerprint density at radius 2 is 1.75 bits per heavy atom. The van der Waals surface area contributed by atoms with Gasteiger partial charge < -0.3 is 14.4 Å². The van der Waals surface area contributed by atoms with E-state index in [2.05, 4.69) is 0 Å². The largest absolute Gasteiger partial charge is 0.493 e. The lowest BCUT2D eigenvalue weighted by molar-refractivity contribution is -0.125. The predicted molar refractivity (Wildman–Crippen MR) is 91.5 cm³/mol. The molecule has 24 heavy (non-hydrogen) atoms. The van der Waals surface area contributed by atoms with E-state index in [1.807, 2.05) is 6.07 Å². The normalized spacial score (nSPS) is 10.7. The first kappa shape index (κ1) is 17.5. The molecule has 0 aromatic heterocycles. The van der Waals surface area contributed by atoms with Gasteiger partial charge >= 0.3 is 0 Å². The van der Waals surface area contributed by atoms with Gasteiger partial charge in [-0.3, -0.25) is 4.79 Å². The van der Waals surface area contributed by atoms with Gasteiger partial charge in [0.05, 0.1) is 14.2 Å². The molecule has 2 aromatic rings. The van der Waals surface area contributed by atoms with Gasteiger partial charge in [-0.25, -0.2) is 4.39 Å². The van der Waals surface area contributed by atoms with E-state index >= 15 is 0 Å². The second-order valence-corrected chi connectivity index (χ2v) is 5.27. The molecule has 0 fully saturated rings. The molecule has 0 unspecified atom stereocenters. The van der Waals surface area contributed by atoms with Crippen LogP contribution in [0.5, 0.6) is 11.5 Å². The Labute approximate surface area is 141 Å². The summed E-state index contributed by atoms with van der Waals surface area (Å²) in [5.74, 6) is 0.802.